The molecular formula is C35H44N4O4S. The summed E-state index contributed by atoms with van der Waals surface area (Å²) in [5.41, 5.74) is 8.89. The monoisotopic (exact) mass is 616 g/mol. The highest BCUT2D eigenvalue weighted by Gasteiger charge is 2.31. The number of aliphatic hydroxyl groups is 1. The Kier molecular flexibility index (Phi) is 11.9. The first-order chi connectivity index (χ1) is 21.2. The van der Waals surface area contributed by atoms with E-state index >= 15 is 0 Å². The minimum Gasteiger partial charge on any atom is -0.395 e. The SMILES string of the molecule is CC(C)CN(C(CO)CCCCNC(=O)C(N)Cc1ccc2ccccc2c1)S(=O)(=O)c1ccc(Nc2ccccc2)cc1. The Morgan fingerprint density at radius 2 is 1.52 bits per heavy atom. The van der Waals surface area contributed by atoms with E-state index in [9.17, 15) is 18.3 Å². The van der Waals surface area contributed by atoms with Gasteiger partial charge in [-0.2, -0.15) is 4.31 Å². The molecule has 0 saturated carbocycles. The van der Waals surface area contributed by atoms with E-state index in [2.05, 4.69) is 16.7 Å². The maximum atomic E-state index is 13.7. The Morgan fingerprint density at radius 3 is 2.20 bits per heavy atom. The van der Waals surface area contributed by atoms with E-state index in [0.29, 0.717) is 32.2 Å². The second kappa shape index (κ2) is 15.8. The van der Waals surface area contributed by atoms with Crippen LogP contribution < -0.4 is 16.4 Å². The zero-order chi connectivity index (χ0) is 31.5. The number of carbonyl (C=O) groups excluding carboxylic acids is 1. The van der Waals surface area contributed by atoms with Gasteiger partial charge in [-0.3, -0.25) is 4.79 Å². The highest BCUT2D eigenvalue weighted by atomic mass is 32.2. The quantitative estimate of drug-likeness (QED) is 0.124. The largest absolute Gasteiger partial charge is 0.395 e. The number of aliphatic hydroxyl groups excluding tert-OH is 1. The summed E-state index contributed by atoms with van der Waals surface area (Å²) >= 11 is 0. The lowest BCUT2D eigenvalue weighted by molar-refractivity contribution is -0.122. The fourth-order valence-electron chi connectivity index (χ4n) is 5.22. The number of nitrogens with one attached hydrogen (secondary N) is 2. The van der Waals surface area contributed by atoms with Crippen LogP contribution in [0.3, 0.4) is 0 Å². The summed E-state index contributed by atoms with van der Waals surface area (Å²) < 4.78 is 28.9. The predicted molar refractivity (Wildman–Crippen MR) is 178 cm³/mol. The van der Waals surface area contributed by atoms with Crippen LogP contribution in [0.1, 0.15) is 38.7 Å². The molecule has 44 heavy (non-hydrogen) atoms. The number of hydrogen-bond donors (Lipinski definition) is 4. The zero-order valence-electron chi connectivity index (χ0n) is 25.5. The molecule has 0 aliphatic heterocycles. The molecule has 1 amide bonds. The summed E-state index contributed by atoms with van der Waals surface area (Å²) in [5.74, 6) is -0.146. The van der Waals surface area contributed by atoms with Crippen LogP contribution >= 0.6 is 0 Å². The molecule has 0 aliphatic carbocycles. The van der Waals surface area contributed by atoms with Crippen LogP contribution in [-0.4, -0.2) is 55.5 Å². The van der Waals surface area contributed by atoms with Crippen LogP contribution in [0.25, 0.3) is 10.8 Å². The number of sulfonamides is 1. The molecule has 0 saturated heterocycles. The van der Waals surface area contributed by atoms with Crippen molar-refractivity contribution < 1.29 is 18.3 Å². The minimum atomic E-state index is -3.85. The van der Waals surface area contributed by atoms with E-state index in [1.807, 2.05) is 80.6 Å². The third kappa shape index (κ3) is 9.12. The van der Waals surface area contributed by atoms with E-state index in [1.54, 1.807) is 24.3 Å². The fraction of sp³-hybridized carbons (Fsp3) is 0.343. The van der Waals surface area contributed by atoms with Crippen LogP contribution in [-0.2, 0) is 21.2 Å². The fourth-order valence-corrected chi connectivity index (χ4v) is 7.03. The van der Waals surface area contributed by atoms with E-state index in [0.717, 1.165) is 27.7 Å². The van der Waals surface area contributed by atoms with Crippen molar-refractivity contribution in [3.05, 3.63) is 103 Å². The van der Waals surface area contributed by atoms with Crippen molar-refractivity contribution in [2.24, 2.45) is 11.7 Å². The Balaban J connectivity index is 1.29. The lowest BCUT2D eigenvalue weighted by Crippen LogP contribution is -2.44. The van der Waals surface area contributed by atoms with Gasteiger partial charge in [0, 0.05) is 30.5 Å². The van der Waals surface area contributed by atoms with Crippen molar-refractivity contribution in [2.75, 3.05) is 25.0 Å². The molecule has 4 aromatic carbocycles. The van der Waals surface area contributed by atoms with Gasteiger partial charge in [0.1, 0.15) is 0 Å². The summed E-state index contributed by atoms with van der Waals surface area (Å²) in [6, 6.07) is 29.3. The zero-order valence-corrected chi connectivity index (χ0v) is 26.3. The first-order valence-electron chi connectivity index (χ1n) is 15.2. The standard InChI is InChI=1S/C35H44N4O4S/c1-26(2)24-39(44(42,43)33-19-17-31(18-20-33)38-30-12-4-3-5-13-30)32(25-40)14-8-9-21-37-35(41)34(36)23-27-15-16-28-10-6-7-11-29(28)22-27/h3-7,10-13,15-20,22,26,32,34,38,40H,8-9,14,21,23-25,36H2,1-2H3,(H,37,41). The normalized spacial score (nSPS) is 13.2. The van der Waals surface area contributed by atoms with Gasteiger partial charge in [-0.1, -0.05) is 80.9 Å². The third-order valence-corrected chi connectivity index (χ3v) is 9.49. The Bertz CT molecular complexity index is 1590. The summed E-state index contributed by atoms with van der Waals surface area (Å²) in [5, 5.41) is 18.7. The number of carbonyl (C=O) groups is 1. The maximum absolute atomic E-state index is 13.7. The lowest BCUT2D eigenvalue weighted by Gasteiger charge is -2.31. The highest BCUT2D eigenvalue weighted by molar-refractivity contribution is 7.89. The molecule has 234 valence electrons. The molecule has 4 aromatic rings. The Labute approximate surface area is 261 Å². The number of fused-ring (bicyclic) bond motifs is 1. The van der Waals surface area contributed by atoms with Gasteiger partial charge >= 0.3 is 0 Å². The second-order valence-electron chi connectivity index (χ2n) is 11.6. The number of nitrogens with zero attached hydrogens (tertiary/aromatic N) is 1. The molecule has 4 rings (SSSR count). The van der Waals surface area contributed by atoms with E-state index in [1.165, 1.54) is 4.31 Å². The van der Waals surface area contributed by atoms with Crippen molar-refractivity contribution in [1.82, 2.24) is 9.62 Å². The number of rotatable bonds is 16. The van der Waals surface area contributed by atoms with Crippen molar-refractivity contribution in [3.63, 3.8) is 0 Å². The summed E-state index contributed by atoms with van der Waals surface area (Å²) in [6.45, 7) is 4.34. The van der Waals surface area contributed by atoms with Crippen LogP contribution in [0, 0.1) is 5.92 Å². The van der Waals surface area contributed by atoms with Crippen molar-refractivity contribution in [3.8, 4) is 0 Å². The molecule has 0 bridgehead atoms. The van der Waals surface area contributed by atoms with Crippen LogP contribution in [0.5, 0.6) is 0 Å². The average molecular weight is 617 g/mol. The molecule has 0 radical (unpaired) electrons. The number of nitrogens with two attached hydrogens (primary N) is 1. The first kappa shape index (κ1) is 33.1. The van der Waals surface area contributed by atoms with E-state index in [-0.39, 0.29) is 29.9 Å². The Morgan fingerprint density at radius 1 is 0.864 bits per heavy atom. The summed E-state index contributed by atoms with van der Waals surface area (Å²) in [4.78, 5) is 12.8. The smallest absolute Gasteiger partial charge is 0.243 e. The number of para-hydroxylation sites is 1. The second-order valence-corrected chi connectivity index (χ2v) is 13.5. The van der Waals surface area contributed by atoms with Crippen LogP contribution in [0.15, 0.2) is 102 Å². The number of benzene rings is 4. The number of unbranched alkanes of at least 4 members (excludes halogenated alkanes) is 1. The van der Waals surface area contributed by atoms with Gasteiger partial charge in [0.15, 0.2) is 0 Å². The molecule has 0 spiro atoms. The van der Waals surface area contributed by atoms with Gasteiger partial charge in [-0.05, 0) is 77.9 Å². The minimum absolute atomic E-state index is 0.0706. The van der Waals surface area contributed by atoms with Gasteiger partial charge in [0.25, 0.3) is 0 Å². The van der Waals surface area contributed by atoms with Gasteiger partial charge in [0.05, 0.1) is 17.5 Å². The molecule has 0 heterocycles. The van der Waals surface area contributed by atoms with Crippen LogP contribution in [0.2, 0.25) is 0 Å². The predicted octanol–water partition coefficient (Wildman–Crippen LogP) is 5.45. The molecule has 2 unspecified atom stereocenters. The van der Waals surface area contributed by atoms with E-state index in [4.69, 9.17) is 5.73 Å². The molecule has 0 aromatic heterocycles. The van der Waals surface area contributed by atoms with Crippen molar-refractivity contribution in [1.29, 1.82) is 0 Å². The summed E-state index contributed by atoms with van der Waals surface area (Å²) in [7, 11) is -3.85. The van der Waals surface area contributed by atoms with Crippen LogP contribution in [0.4, 0.5) is 11.4 Å². The van der Waals surface area contributed by atoms with Crippen molar-refractivity contribution in [2.45, 2.75) is 56.5 Å². The summed E-state index contributed by atoms with van der Waals surface area (Å²) in [6.07, 6.45) is 2.18. The number of amides is 1. The Hall–Kier alpha value is -3.76. The number of anilines is 2. The molecule has 0 aliphatic rings. The highest BCUT2D eigenvalue weighted by Crippen LogP contribution is 2.25. The molecule has 0 fully saturated rings. The topological polar surface area (TPSA) is 125 Å². The number of hydrogen-bond acceptors (Lipinski definition) is 6. The molecule has 8 nitrogen and oxygen atoms in total. The molecular weight excluding hydrogens is 572 g/mol. The average Bonchev–Trinajstić information content (AvgIpc) is 3.02. The van der Waals surface area contributed by atoms with E-state index < -0.39 is 22.1 Å². The first-order valence-corrected chi connectivity index (χ1v) is 16.7. The molecule has 9 heteroatoms. The van der Waals surface area contributed by atoms with Gasteiger partial charge in [-0.25, -0.2) is 8.42 Å². The maximum Gasteiger partial charge on any atom is 0.243 e. The van der Waals surface area contributed by atoms with Gasteiger partial charge in [-0.15, -0.1) is 0 Å². The molecule has 5 N–H and O–H groups in total. The third-order valence-electron chi connectivity index (χ3n) is 7.56. The molecule has 2 atom stereocenters. The lowest BCUT2D eigenvalue weighted by atomic mass is 10.0. The van der Waals surface area contributed by atoms with Gasteiger partial charge < -0.3 is 21.5 Å². The van der Waals surface area contributed by atoms with Gasteiger partial charge in [0.2, 0.25) is 15.9 Å². The van der Waals surface area contributed by atoms with Crippen molar-refractivity contribution >= 4 is 38.1 Å².